The first-order valence-electron chi connectivity index (χ1n) is 7.69. The average Bonchev–Trinajstić information content (AvgIpc) is 2.99. The molecule has 1 atom stereocenters. The molecule has 130 valence electrons. The van der Waals surface area contributed by atoms with Gasteiger partial charge in [-0.3, -0.25) is 0 Å². The van der Waals surface area contributed by atoms with Crippen molar-refractivity contribution >= 4 is 33.0 Å². The van der Waals surface area contributed by atoms with Crippen molar-refractivity contribution in [3.8, 4) is 0 Å². The Balaban J connectivity index is 1.94. The molecular weight excluding hydrogens is 356 g/mol. The van der Waals surface area contributed by atoms with Crippen molar-refractivity contribution in [1.82, 2.24) is 10.0 Å². The second-order valence-electron chi connectivity index (χ2n) is 5.78. The summed E-state index contributed by atoms with van der Waals surface area (Å²) in [4.78, 5) is 0. The Morgan fingerprint density at radius 3 is 2.61 bits per heavy atom. The number of nitrogens with one attached hydrogen (secondary N) is 2. The minimum absolute atomic E-state index is 0.145. The number of hydrogen-bond acceptors (Lipinski definition) is 5. The molecule has 0 unspecified atom stereocenters. The van der Waals surface area contributed by atoms with E-state index < -0.39 is 16.1 Å². The molecule has 1 aliphatic carbocycles. The molecule has 0 bridgehead atoms. The molecule has 3 N–H and O–H groups in total. The Morgan fingerprint density at radius 2 is 2.09 bits per heavy atom. The Bertz CT molecular complexity index is 610. The monoisotopic (exact) mass is 378 g/mol. The van der Waals surface area contributed by atoms with Crippen LogP contribution in [0.1, 0.15) is 25.7 Å². The molecule has 1 heterocycles. The van der Waals surface area contributed by atoms with Crippen LogP contribution in [-0.2, 0) is 10.0 Å². The fraction of sp³-hybridized carbons (Fsp3) is 0.600. The zero-order valence-electron chi connectivity index (χ0n) is 12.9. The first kappa shape index (κ1) is 18.9. The van der Waals surface area contributed by atoms with E-state index in [-0.39, 0.29) is 16.7 Å². The summed E-state index contributed by atoms with van der Waals surface area (Å²) in [6.45, 7) is 4.27. The lowest BCUT2D eigenvalue weighted by atomic mass is 9.82. The molecule has 0 aliphatic heterocycles. The molecule has 0 amide bonds. The molecule has 1 aromatic heterocycles. The first-order chi connectivity index (χ1) is 11.0. The molecule has 1 aliphatic rings. The smallest absolute Gasteiger partial charge is 0.250 e. The quantitative estimate of drug-likeness (QED) is 0.607. The highest BCUT2D eigenvalue weighted by Gasteiger charge is 2.30. The van der Waals surface area contributed by atoms with Crippen LogP contribution in [0.2, 0.25) is 4.34 Å². The van der Waals surface area contributed by atoms with Gasteiger partial charge in [0.25, 0.3) is 0 Å². The van der Waals surface area contributed by atoms with Crippen LogP contribution in [0, 0.1) is 5.92 Å². The maximum atomic E-state index is 12.4. The summed E-state index contributed by atoms with van der Waals surface area (Å²) >= 11 is 6.82. The SMILES string of the molecule is C=CCNC1CCC([C@@H](CO)NS(=O)(=O)c2ccc(Cl)s2)CC1. The van der Waals surface area contributed by atoms with E-state index in [0.29, 0.717) is 10.4 Å². The highest BCUT2D eigenvalue weighted by Crippen LogP contribution is 2.29. The molecule has 0 saturated heterocycles. The predicted molar refractivity (Wildman–Crippen MR) is 94.5 cm³/mol. The molecule has 1 fully saturated rings. The topological polar surface area (TPSA) is 78.4 Å². The van der Waals surface area contributed by atoms with Gasteiger partial charge in [-0.05, 0) is 43.7 Å². The van der Waals surface area contributed by atoms with Crippen LogP contribution < -0.4 is 10.0 Å². The average molecular weight is 379 g/mol. The normalized spacial score (nSPS) is 23.6. The minimum atomic E-state index is -3.63. The summed E-state index contributed by atoms with van der Waals surface area (Å²) in [5, 5.41) is 13.0. The van der Waals surface area contributed by atoms with Gasteiger partial charge in [0.05, 0.1) is 10.9 Å². The lowest BCUT2D eigenvalue weighted by molar-refractivity contribution is 0.176. The van der Waals surface area contributed by atoms with Crippen molar-refractivity contribution in [3.05, 3.63) is 29.1 Å². The third-order valence-corrected chi connectivity index (χ3v) is 7.42. The fourth-order valence-electron chi connectivity index (χ4n) is 2.96. The number of halogens is 1. The Kier molecular flexibility index (Phi) is 7.06. The number of thiophene rings is 1. The lowest BCUT2D eigenvalue weighted by Gasteiger charge is -2.33. The van der Waals surface area contributed by atoms with Gasteiger partial charge in [-0.2, -0.15) is 0 Å². The molecule has 2 rings (SSSR count). The predicted octanol–water partition coefficient (Wildman–Crippen LogP) is 2.38. The minimum Gasteiger partial charge on any atom is -0.395 e. The molecule has 5 nitrogen and oxygen atoms in total. The highest BCUT2D eigenvalue weighted by atomic mass is 35.5. The number of rotatable bonds is 8. The second kappa shape index (κ2) is 8.60. The Labute approximate surface area is 146 Å². The van der Waals surface area contributed by atoms with Crippen LogP contribution in [-0.4, -0.2) is 38.8 Å². The van der Waals surface area contributed by atoms with Crippen LogP contribution in [0.3, 0.4) is 0 Å². The van der Waals surface area contributed by atoms with E-state index >= 15 is 0 Å². The maximum absolute atomic E-state index is 12.4. The molecule has 0 aromatic carbocycles. The van der Waals surface area contributed by atoms with Crippen molar-refractivity contribution in [2.24, 2.45) is 5.92 Å². The molecule has 1 saturated carbocycles. The van der Waals surface area contributed by atoms with Crippen molar-refractivity contribution in [2.75, 3.05) is 13.2 Å². The molecule has 1 aromatic rings. The van der Waals surface area contributed by atoms with E-state index in [0.717, 1.165) is 43.6 Å². The van der Waals surface area contributed by atoms with Gasteiger partial charge in [0.2, 0.25) is 10.0 Å². The Hall–Kier alpha value is -0.440. The highest BCUT2D eigenvalue weighted by molar-refractivity contribution is 7.91. The summed E-state index contributed by atoms with van der Waals surface area (Å²) in [5.74, 6) is 0.145. The molecule has 8 heteroatoms. The number of hydrogen-bond donors (Lipinski definition) is 3. The van der Waals surface area contributed by atoms with Crippen LogP contribution in [0.4, 0.5) is 0 Å². The first-order valence-corrected chi connectivity index (χ1v) is 10.4. The van der Waals surface area contributed by atoms with E-state index in [9.17, 15) is 13.5 Å². The van der Waals surface area contributed by atoms with Gasteiger partial charge in [-0.15, -0.1) is 17.9 Å². The van der Waals surface area contributed by atoms with E-state index in [4.69, 9.17) is 11.6 Å². The summed E-state index contributed by atoms with van der Waals surface area (Å²) in [5.41, 5.74) is 0. The van der Waals surface area contributed by atoms with Crippen LogP contribution in [0.5, 0.6) is 0 Å². The van der Waals surface area contributed by atoms with Gasteiger partial charge in [-0.1, -0.05) is 17.7 Å². The lowest BCUT2D eigenvalue weighted by Crippen LogP contribution is -2.45. The summed E-state index contributed by atoms with van der Waals surface area (Å²) in [6.07, 6.45) is 5.55. The van der Waals surface area contributed by atoms with Crippen LogP contribution >= 0.6 is 22.9 Å². The molecule has 0 radical (unpaired) electrons. The number of sulfonamides is 1. The van der Waals surface area contributed by atoms with Gasteiger partial charge in [0, 0.05) is 18.6 Å². The Morgan fingerprint density at radius 1 is 1.39 bits per heavy atom. The zero-order chi connectivity index (χ0) is 16.9. The standard InChI is InChI=1S/C15H23ClN2O3S2/c1-2-9-17-12-5-3-11(4-6-12)13(10-19)18-23(20,21)15-8-7-14(16)22-15/h2,7-8,11-13,17-19H,1,3-6,9-10H2/t11?,12?,13-/m1/s1. The third kappa shape index (κ3) is 5.27. The maximum Gasteiger partial charge on any atom is 0.250 e. The number of aliphatic hydroxyl groups is 1. The second-order valence-corrected chi connectivity index (χ2v) is 9.43. The van der Waals surface area contributed by atoms with Crippen molar-refractivity contribution in [1.29, 1.82) is 0 Å². The summed E-state index contributed by atoms with van der Waals surface area (Å²) < 4.78 is 28.0. The molecule has 0 spiro atoms. The van der Waals surface area contributed by atoms with Crippen molar-refractivity contribution < 1.29 is 13.5 Å². The van der Waals surface area contributed by atoms with Gasteiger partial charge in [-0.25, -0.2) is 13.1 Å². The van der Waals surface area contributed by atoms with E-state index in [1.54, 1.807) is 6.07 Å². The zero-order valence-corrected chi connectivity index (χ0v) is 15.3. The molecule has 23 heavy (non-hydrogen) atoms. The fourth-order valence-corrected chi connectivity index (χ4v) is 5.75. The van der Waals surface area contributed by atoms with Crippen molar-refractivity contribution in [3.63, 3.8) is 0 Å². The van der Waals surface area contributed by atoms with Gasteiger partial charge < -0.3 is 10.4 Å². The van der Waals surface area contributed by atoms with Crippen LogP contribution in [0.15, 0.2) is 29.0 Å². The molecular formula is C15H23ClN2O3S2. The number of aliphatic hydroxyl groups excluding tert-OH is 1. The van der Waals surface area contributed by atoms with E-state index in [1.165, 1.54) is 6.07 Å². The van der Waals surface area contributed by atoms with E-state index in [1.807, 2.05) is 6.08 Å². The largest absolute Gasteiger partial charge is 0.395 e. The van der Waals surface area contributed by atoms with E-state index in [2.05, 4.69) is 16.6 Å². The van der Waals surface area contributed by atoms with Gasteiger partial charge in [0.15, 0.2) is 0 Å². The van der Waals surface area contributed by atoms with Crippen LogP contribution in [0.25, 0.3) is 0 Å². The van der Waals surface area contributed by atoms with Crippen molar-refractivity contribution in [2.45, 2.75) is 42.0 Å². The summed E-state index contributed by atoms with van der Waals surface area (Å²) in [6, 6.07) is 3.03. The van der Waals surface area contributed by atoms with Gasteiger partial charge in [0.1, 0.15) is 4.21 Å². The van der Waals surface area contributed by atoms with Gasteiger partial charge >= 0.3 is 0 Å². The third-order valence-electron chi connectivity index (χ3n) is 4.21. The summed E-state index contributed by atoms with van der Waals surface area (Å²) in [7, 11) is -3.63.